The molecule has 3 aromatic carbocycles. The van der Waals surface area contributed by atoms with Gasteiger partial charge in [-0.25, -0.2) is 20.0 Å². The maximum Gasteiger partial charge on any atom is 0.499 e. The Bertz CT molecular complexity index is 3500. The molecule has 14 heteroatoms. The molecule has 4 bridgehead atoms. The van der Waals surface area contributed by atoms with E-state index in [4.69, 9.17) is 31.4 Å². The number of halogens is 1. The molecule has 0 amide bonds. The lowest BCUT2D eigenvalue weighted by atomic mass is 10.1. The van der Waals surface area contributed by atoms with Crippen molar-refractivity contribution in [2.45, 2.75) is 456 Å². The van der Waals surface area contributed by atoms with Crippen LogP contribution in [0.1, 0.15) is 438 Å². The summed E-state index contributed by atoms with van der Waals surface area (Å²) in [6.45, 7) is 14.0. The zero-order valence-corrected chi connectivity index (χ0v) is 76.9. The molecule has 0 spiro atoms. The van der Waals surface area contributed by atoms with Gasteiger partial charge < -0.3 is 8.96 Å². The minimum absolute atomic E-state index is 0.646. The summed E-state index contributed by atoms with van der Waals surface area (Å²) in [6, 6.07) is 15.1. The molecule has 0 radical (unpaired) electrons. The zero-order chi connectivity index (χ0) is 77.1. The smallest absolute Gasteiger partial charge is 0.319 e. The van der Waals surface area contributed by atoms with Gasteiger partial charge >= 0.3 is 6.40 Å². The van der Waals surface area contributed by atoms with E-state index in [1.807, 2.05) is 0 Å². The van der Waals surface area contributed by atoms with Crippen LogP contribution in [-0.2, 0) is 0 Å². The molecule has 2 aromatic heterocycles. The highest BCUT2D eigenvalue weighted by molar-refractivity contribution is 8.03. The van der Waals surface area contributed by atoms with Crippen molar-refractivity contribution >= 4 is 133 Å². The molecule has 0 saturated carbocycles. The highest BCUT2D eigenvalue weighted by Gasteiger charge is 2.37. The van der Waals surface area contributed by atoms with Gasteiger partial charge in [0.05, 0.1) is 0 Å². The van der Waals surface area contributed by atoms with E-state index in [2.05, 4.69) is 157 Å². The highest BCUT2D eigenvalue weighted by Crippen LogP contribution is 2.48. The Morgan fingerprint density at radius 2 is 0.427 bits per heavy atom. The van der Waals surface area contributed by atoms with Gasteiger partial charge in [-0.15, -0.1) is 82.0 Å². The number of fused-ring (bicyclic) bond motifs is 10. The van der Waals surface area contributed by atoms with E-state index < -0.39 is 6.40 Å². The average molecular weight is 1630 g/mol. The molecular formula is C96H156BClN6S6. The number of aromatic nitrogens is 2. The number of unbranched alkanes of at least 4 members (excludes halogenated alkanes) is 54. The zero-order valence-electron chi connectivity index (χ0n) is 71.2. The first-order valence-corrected chi connectivity index (χ1v) is 53.4. The van der Waals surface area contributed by atoms with Crippen LogP contribution < -0.4 is 11.0 Å². The van der Waals surface area contributed by atoms with Crippen LogP contribution in [0.3, 0.4) is 0 Å². The maximum absolute atomic E-state index is 8.39. The Labute approximate surface area is 705 Å². The molecular weight excluding hydrogens is 1480 g/mol. The van der Waals surface area contributed by atoms with Gasteiger partial charge in [-0.3, -0.25) is 0 Å². The summed E-state index contributed by atoms with van der Waals surface area (Å²) >= 11 is 20.9. The normalized spacial score (nSPS) is 13.0. The number of rotatable bonds is 72. The van der Waals surface area contributed by atoms with Crippen LogP contribution >= 0.6 is 82.0 Å². The summed E-state index contributed by atoms with van der Waals surface area (Å²) in [5.74, 6) is 10.0. The number of benzene rings is 3. The second-order valence-corrected chi connectivity index (χ2v) is 40.4. The monoisotopic (exact) mass is 1630 g/mol. The van der Waals surface area contributed by atoms with Gasteiger partial charge in [0.15, 0.2) is 11.7 Å². The topological polar surface area (TPSA) is 59.3 Å². The Morgan fingerprint density at radius 3 is 0.682 bits per heavy atom. The molecule has 0 fully saturated rings. The fourth-order valence-electron chi connectivity index (χ4n) is 16.5. The van der Waals surface area contributed by atoms with Crippen molar-refractivity contribution in [1.29, 1.82) is 0 Å². The van der Waals surface area contributed by atoms with E-state index in [9.17, 15) is 0 Å². The van der Waals surface area contributed by atoms with Gasteiger partial charge in [-0.05, 0) is 109 Å². The predicted molar refractivity (Wildman–Crippen MR) is 503 cm³/mol. The Morgan fingerprint density at radius 1 is 0.227 bits per heavy atom. The first-order chi connectivity index (χ1) is 54.4. The van der Waals surface area contributed by atoms with Crippen LogP contribution in [-0.4, -0.2) is 61.5 Å². The molecule has 616 valence electrons. The third-order valence-electron chi connectivity index (χ3n) is 23.4. The first-order valence-electron chi connectivity index (χ1n) is 47.1. The largest absolute Gasteiger partial charge is 0.499 e. The fourth-order valence-corrected chi connectivity index (χ4v) is 23.7. The Hall–Kier alpha value is -1.87. The standard InChI is InChI=1S/C96H156BClN6S6/c1-7-13-19-25-31-37-43-49-55-61-67-105-85-73-79-80(74-86(85)106-68-62-56-50-44-38-32-26-20-14-8-2)92-99-91(79)100-93-81-75-87(107-69-63-57-51-45-39-33-27-21-15-9-3)89(109-71-65-59-53-47-41-35-29-23-17-11-5)77-83(81)95-102-96-84-78-90(110-72-66-60-54-48-42-36-30-24-18-12-6)88(76-82(84)94(101-92)104(96)97(98)103(93)95)108-70-64-58-52-46-40-34-28-22-16-10-4/h73-78H,7-72H2,1-6H3. The van der Waals surface area contributed by atoms with Crippen molar-refractivity contribution < 1.29 is 0 Å². The van der Waals surface area contributed by atoms with Crippen LogP contribution in [0, 0.1) is 0 Å². The number of amidine groups is 2. The van der Waals surface area contributed by atoms with E-state index in [-0.39, 0.29) is 0 Å². The van der Waals surface area contributed by atoms with E-state index in [1.54, 1.807) is 0 Å². The summed E-state index contributed by atoms with van der Waals surface area (Å²) in [5.41, 5.74) is 3.99. The minimum Gasteiger partial charge on any atom is -0.319 e. The number of hydrogen-bond acceptors (Lipinski definition) is 10. The van der Waals surface area contributed by atoms with Crippen molar-refractivity contribution in [2.24, 2.45) is 20.0 Å². The SMILES string of the molecule is CCCCCCCCCCCCSc1cc2c(cc1SCCCCCCCCCCCC)C1=Nc3c4cc(SCCCCCCCCCCCC)c(SCCCCCCCCCCCC)cc4c4n3B(Cl)n3c(c5cc(SCCCCCCCCCCCC)c(SCCCCCCCCCCCC)cc5c3=N4)=NC2=N1. The highest BCUT2D eigenvalue weighted by atomic mass is 35.5. The summed E-state index contributed by atoms with van der Waals surface area (Å²) in [6.07, 6.45) is 80.6. The van der Waals surface area contributed by atoms with E-state index in [0.717, 1.165) is 101 Å². The van der Waals surface area contributed by atoms with Gasteiger partial charge in [-0.1, -0.05) is 388 Å². The summed E-state index contributed by atoms with van der Waals surface area (Å²) in [7, 11) is 0. The van der Waals surface area contributed by atoms with E-state index >= 15 is 0 Å². The lowest BCUT2D eigenvalue weighted by Gasteiger charge is -2.18. The quantitative estimate of drug-likeness (QED) is 0.0220. The van der Waals surface area contributed by atoms with E-state index in [1.165, 1.54) is 415 Å². The lowest BCUT2D eigenvalue weighted by Crippen LogP contribution is -2.44. The van der Waals surface area contributed by atoms with Crippen molar-refractivity contribution in [3.63, 3.8) is 0 Å². The Kier molecular flexibility index (Phi) is 50.1. The first kappa shape index (κ1) is 93.6. The molecule has 0 aliphatic carbocycles. The second-order valence-electron chi connectivity index (χ2n) is 33.2. The molecule has 3 aliphatic rings. The van der Waals surface area contributed by atoms with Crippen LogP contribution in [0.5, 0.6) is 0 Å². The Balaban J connectivity index is 1.19. The van der Waals surface area contributed by atoms with Gasteiger partial charge in [0.25, 0.3) is 0 Å². The predicted octanol–water partition coefficient (Wildman–Crippen LogP) is 34.0. The molecule has 5 heterocycles. The molecule has 0 atom stereocenters. The average Bonchev–Trinajstić information content (AvgIpc) is 1.54. The molecule has 5 aromatic rings. The van der Waals surface area contributed by atoms with Gasteiger partial charge in [0.1, 0.15) is 22.6 Å². The molecule has 0 saturated heterocycles. The molecule has 8 rings (SSSR count). The van der Waals surface area contributed by atoms with Crippen LogP contribution in [0.25, 0.3) is 21.5 Å². The summed E-state index contributed by atoms with van der Waals surface area (Å²) in [5, 5.41) is 4.56. The molecule has 110 heavy (non-hydrogen) atoms. The van der Waals surface area contributed by atoms with Crippen molar-refractivity contribution in [3.05, 3.63) is 58.5 Å². The maximum atomic E-state index is 8.39. The second kappa shape index (κ2) is 58.9. The number of nitrogens with zero attached hydrogens (tertiary/aromatic N) is 6. The van der Waals surface area contributed by atoms with Crippen molar-refractivity contribution in [3.8, 4) is 0 Å². The summed E-state index contributed by atoms with van der Waals surface area (Å²) < 4.78 is 4.57. The van der Waals surface area contributed by atoms with Crippen LogP contribution in [0.4, 0.5) is 11.6 Å². The third kappa shape index (κ3) is 33.1. The number of thioether (sulfide) groups is 6. The number of aliphatic imine (C=N–C) groups is 2. The summed E-state index contributed by atoms with van der Waals surface area (Å²) in [4.78, 5) is 31.8. The van der Waals surface area contributed by atoms with Crippen LogP contribution in [0.2, 0.25) is 0 Å². The van der Waals surface area contributed by atoms with Crippen molar-refractivity contribution in [2.75, 3.05) is 34.5 Å². The van der Waals surface area contributed by atoms with Gasteiger partial charge in [0, 0.05) is 62.0 Å². The van der Waals surface area contributed by atoms with Crippen LogP contribution in [0.15, 0.2) is 85.7 Å². The molecule has 6 nitrogen and oxygen atoms in total. The van der Waals surface area contributed by atoms with Gasteiger partial charge in [-0.2, -0.15) is 0 Å². The van der Waals surface area contributed by atoms with Gasteiger partial charge in [0.2, 0.25) is 0 Å². The molecule has 3 aliphatic heterocycles. The number of hydrogen-bond donors (Lipinski definition) is 0. The molecule has 0 N–H and O–H groups in total. The minimum atomic E-state index is -0.646. The molecule has 0 unspecified atom stereocenters. The van der Waals surface area contributed by atoms with E-state index in [0.29, 0.717) is 0 Å². The lowest BCUT2D eigenvalue weighted by molar-refractivity contribution is 0.563. The third-order valence-corrected chi connectivity index (χ3v) is 31.0. The van der Waals surface area contributed by atoms with Crippen molar-refractivity contribution in [1.82, 2.24) is 8.96 Å². The fraction of sp³-hybridized carbons (Fsp3) is 0.750.